The summed E-state index contributed by atoms with van der Waals surface area (Å²) in [4.78, 5) is 13.2. The van der Waals surface area contributed by atoms with E-state index in [-0.39, 0.29) is 25.3 Å². The number of aromatic nitrogens is 1. The highest BCUT2D eigenvalue weighted by Crippen LogP contribution is 2.08. The van der Waals surface area contributed by atoms with Crippen molar-refractivity contribution in [3.05, 3.63) is 29.6 Å². The lowest BCUT2D eigenvalue weighted by Crippen LogP contribution is -2.35. The molecule has 1 aromatic rings. The van der Waals surface area contributed by atoms with Crippen LogP contribution in [0.1, 0.15) is 11.4 Å². The number of aliphatic hydroxyl groups is 2. The van der Waals surface area contributed by atoms with Gasteiger partial charge < -0.3 is 20.8 Å². The van der Waals surface area contributed by atoms with Gasteiger partial charge in [0, 0.05) is 0 Å². The molecule has 3 rings (SSSR count). The number of hydrogen-bond acceptors (Lipinski definition) is 7. The van der Waals surface area contributed by atoms with Crippen LogP contribution in [0, 0.1) is 0 Å². The monoisotopic (exact) mass is 275 g/mol. The van der Waals surface area contributed by atoms with Gasteiger partial charge in [0.25, 0.3) is 0 Å². The van der Waals surface area contributed by atoms with Crippen molar-refractivity contribution >= 4 is 11.7 Å². The minimum absolute atomic E-state index is 0.0313. The van der Waals surface area contributed by atoms with Crippen LogP contribution >= 0.6 is 0 Å². The number of nitrogens with one attached hydrogen (secondary N) is 2. The summed E-state index contributed by atoms with van der Waals surface area (Å²) in [5, 5.41) is 24.5. The van der Waals surface area contributed by atoms with E-state index in [4.69, 9.17) is 10.2 Å². The molecule has 3 heterocycles. The van der Waals surface area contributed by atoms with Crippen LogP contribution in [0.3, 0.4) is 0 Å². The summed E-state index contributed by atoms with van der Waals surface area (Å²) >= 11 is 0. The molecular formula is C13H17N5O2. The van der Waals surface area contributed by atoms with Crippen LogP contribution in [-0.2, 0) is 0 Å². The van der Waals surface area contributed by atoms with E-state index in [1.807, 2.05) is 18.2 Å². The highest BCUT2D eigenvalue weighted by molar-refractivity contribution is 6.02. The van der Waals surface area contributed by atoms with Crippen molar-refractivity contribution in [2.75, 3.05) is 26.3 Å². The molecule has 0 aromatic carbocycles. The van der Waals surface area contributed by atoms with E-state index in [0.717, 1.165) is 11.4 Å². The van der Waals surface area contributed by atoms with Crippen LogP contribution < -0.4 is 10.6 Å². The van der Waals surface area contributed by atoms with Gasteiger partial charge in [0.1, 0.15) is 23.1 Å². The first-order valence-electron chi connectivity index (χ1n) is 6.61. The van der Waals surface area contributed by atoms with Gasteiger partial charge >= 0.3 is 0 Å². The first-order chi connectivity index (χ1) is 9.80. The average Bonchev–Trinajstić information content (AvgIpc) is 3.16. The molecule has 0 saturated heterocycles. The van der Waals surface area contributed by atoms with Crippen molar-refractivity contribution in [2.45, 2.75) is 12.1 Å². The molecule has 1 aromatic heterocycles. The zero-order valence-corrected chi connectivity index (χ0v) is 11.0. The smallest absolute Gasteiger partial charge is 0.147 e. The number of aliphatic imine (C=N–C) groups is 2. The molecule has 4 N–H and O–H groups in total. The van der Waals surface area contributed by atoms with E-state index in [2.05, 4.69) is 25.6 Å². The maximum absolute atomic E-state index is 9.11. The largest absolute Gasteiger partial charge is 0.394 e. The summed E-state index contributed by atoms with van der Waals surface area (Å²) < 4.78 is 0. The summed E-state index contributed by atoms with van der Waals surface area (Å²) in [6.45, 7) is 1.23. The van der Waals surface area contributed by atoms with Crippen molar-refractivity contribution in [3.63, 3.8) is 0 Å². The second-order valence-corrected chi connectivity index (χ2v) is 4.83. The van der Waals surface area contributed by atoms with Gasteiger partial charge in [0.2, 0.25) is 0 Å². The van der Waals surface area contributed by atoms with E-state index in [0.29, 0.717) is 24.8 Å². The zero-order valence-electron chi connectivity index (χ0n) is 11.0. The van der Waals surface area contributed by atoms with Gasteiger partial charge in [-0.25, -0.2) is 4.98 Å². The van der Waals surface area contributed by atoms with Gasteiger partial charge in [-0.05, 0) is 12.1 Å². The van der Waals surface area contributed by atoms with Crippen LogP contribution in [0.4, 0.5) is 0 Å². The molecule has 2 aliphatic rings. The molecule has 2 aliphatic heterocycles. The number of hydrogen-bond donors (Lipinski definition) is 4. The molecule has 20 heavy (non-hydrogen) atoms. The number of rotatable bonds is 4. The topological polar surface area (TPSA) is 102 Å². The Labute approximate surface area is 116 Å². The summed E-state index contributed by atoms with van der Waals surface area (Å²) in [7, 11) is 0. The van der Waals surface area contributed by atoms with E-state index < -0.39 is 0 Å². The molecule has 0 amide bonds. The SMILES string of the molecule is OC[C@H]1CN=C(c2cccc(C3=NC[C@H](CO)N3)n2)N1. The van der Waals surface area contributed by atoms with Gasteiger partial charge in [-0.1, -0.05) is 6.07 Å². The summed E-state index contributed by atoms with van der Waals surface area (Å²) in [5.74, 6) is 1.39. The van der Waals surface area contributed by atoms with Gasteiger partial charge in [-0.2, -0.15) is 0 Å². The van der Waals surface area contributed by atoms with Crippen LogP contribution in [0.2, 0.25) is 0 Å². The lowest BCUT2D eigenvalue weighted by Gasteiger charge is -2.10. The van der Waals surface area contributed by atoms with E-state index in [1.165, 1.54) is 0 Å². The Balaban J connectivity index is 1.77. The van der Waals surface area contributed by atoms with Crippen molar-refractivity contribution in [3.8, 4) is 0 Å². The summed E-state index contributed by atoms with van der Waals surface area (Å²) in [5.41, 5.74) is 1.46. The fourth-order valence-corrected chi connectivity index (χ4v) is 2.19. The minimum Gasteiger partial charge on any atom is -0.394 e. The second kappa shape index (κ2) is 5.56. The lowest BCUT2D eigenvalue weighted by molar-refractivity contribution is 0.263. The molecule has 0 unspecified atom stereocenters. The van der Waals surface area contributed by atoms with Gasteiger partial charge in [-0.3, -0.25) is 9.98 Å². The maximum Gasteiger partial charge on any atom is 0.147 e. The molecule has 0 aliphatic carbocycles. The van der Waals surface area contributed by atoms with E-state index >= 15 is 0 Å². The normalized spacial score (nSPS) is 24.9. The molecule has 0 fully saturated rings. The standard InChI is InChI=1S/C13H17N5O2/c19-6-8-4-14-12(16-8)10-2-1-3-11(18-10)13-15-5-9(7-20)17-13/h1-3,8-9,19-20H,4-7H2,(H,14,16)(H,15,17)/t8-,9-/m1/s1. The Kier molecular flexibility index (Phi) is 3.62. The first-order valence-corrected chi connectivity index (χ1v) is 6.61. The minimum atomic E-state index is -0.0313. The Bertz CT molecular complexity index is 512. The van der Waals surface area contributed by atoms with Crippen LogP contribution in [0.15, 0.2) is 28.2 Å². The van der Waals surface area contributed by atoms with Crippen LogP contribution in [0.25, 0.3) is 0 Å². The Morgan fingerprint density at radius 1 is 0.950 bits per heavy atom. The molecule has 0 radical (unpaired) electrons. The van der Waals surface area contributed by atoms with Crippen molar-refractivity contribution in [2.24, 2.45) is 9.98 Å². The maximum atomic E-state index is 9.11. The second-order valence-electron chi connectivity index (χ2n) is 4.83. The lowest BCUT2D eigenvalue weighted by atomic mass is 10.2. The Hall–Kier alpha value is -1.99. The highest BCUT2D eigenvalue weighted by Gasteiger charge is 2.21. The highest BCUT2D eigenvalue weighted by atomic mass is 16.3. The fourth-order valence-electron chi connectivity index (χ4n) is 2.19. The molecule has 2 atom stereocenters. The van der Waals surface area contributed by atoms with Crippen LogP contribution in [0.5, 0.6) is 0 Å². The fraction of sp³-hybridized carbons (Fsp3) is 0.462. The van der Waals surface area contributed by atoms with Gasteiger partial charge in [0.05, 0.1) is 38.4 Å². The summed E-state index contributed by atoms with van der Waals surface area (Å²) in [6, 6.07) is 5.57. The summed E-state index contributed by atoms with van der Waals surface area (Å²) in [6.07, 6.45) is 0. The van der Waals surface area contributed by atoms with E-state index in [1.54, 1.807) is 0 Å². The predicted molar refractivity (Wildman–Crippen MR) is 75.1 cm³/mol. The third-order valence-corrected chi connectivity index (χ3v) is 3.30. The molecule has 106 valence electrons. The number of aliphatic hydroxyl groups excluding tert-OH is 2. The molecular weight excluding hydrogens is 258 g/mol. The molecule has 0 spiro atoms. The van der Waals surface area contributed by atoms with E-state index in [9.17, 15) is 0 Å². The van der Waals surface area contributed by atoms with Crippen molar-refractivity contribution < 1.29 is 10.2 Å². The van der Waals surface area contributed by atoms with Gasteiger partial charge in [0.15, 0.2) is 0 Å². The molecule has 0 saturated carbocycles. The molecule has 7 nitrogen and oxygen atoms in total. The Morgan fingerprint density at radius 2 is 1.45 bits per heavy atom. The van der Waals surface area contributed by atoms with Crippen molar-refractivity contribution in [1.82, 2.24) is 15.6 Å². The number of amidine groups is 2. The third-order valence-electron chi connectivity index (χ3n) is 3.30. The number of nitrogens with zero attached hydrogens (tertiary/aromatic N) is 3. The first kappa shape index (κ1) is 13.0. The van der Waals surface area contributed by atoms with Crippen LogP contribution in [-0.4, -0.2) is 65.3 Å². The van der Waals surface area contributed by atoms with Gasteiger partial charge in [-0.15, -0.1) is 0 Å². The van der Waals surface area contributed by atoms with Crippen molar-refractivity contribution in [1.29, 1.82) is 0 Å². The zero-order chi connectivity index (χ0) is 13.9. The predicted octanol–water partition coefficient (Wildman–Crippen LogP) is -1.50. The molecule has 7 heteroatoms. The third kappa shape index (κ3) is 2.50. The molecule has 0 bridgehead atoms. The Morgan fingerprint density at radius 3 is 1.85 bits per heavy atom. The average molecular weight is 275 g/mol. The quantitative estimate of drug-likeness (QED) is 0.536. The number of pyridine rings is 1.